The molecular weight excluding hydrogens is 404 g/mol. The molecule has 1 amide bonds. The molecule has 2 heterocycles. The number of carbonyl (C=O) groups is 1. The third kappa shape index (κ3) is 4.09. The van der Waals surface area contributed by atoms with Crippen molar-refractivity contribution in [3.8, 4) is 0 Å². The molecule has 5 nitrogen and oxygen atoms in total. The maximum absolute atomic E-state index is 12.7. The minimum Gasteiger partial charge on any atom is -0.370 e. The first kappa shape index (κ1) is 20.1. The van der Waals surface area contributed by atoms with E-state index in [9.17, 15) is 4.79 Å². The van der Waals surface area contributed by atoms with Crippen molar-refractivity contribution >= 4 is 46.5 Å². The lowest BCUT2D eigenvalue weighted by Gasteiger charge is -2.44. The number of anilines is 2. The number of carbonyl (C=O) groups excluding carboxylic acids is 1. The molecule has 0 bridgehead atoms. The van der Waals surface area contributed by atoms with Crippen LogP contribution in [0.3, 0.4) is 0 Å². The Kier molecular flexibility index (Phi) is 5.74. The number of benzene rings is 2. The van der Waals surface area contributed by atoms with Crippen molar-refractivity contribution in [1.82, 2.24) is 4.90 Å². The maximum Gasteiger partial charge on any atom is 0.255 e. The van der Waals surface area contributed by atoms with Crippen LogP contribution < -0.4 is 10.6 Å². The number of para-hydroxylation sites is 1. The molecule has 2 N–H and O–H groups in total. The Balaban J connectivity index is 1.72. The molecule has 7 heteroatoms. The lowest BCUT2D eigenvalue weighted by Crippen LogP contribution is -2.55. The second-order valence-corrected chi connectivity index (χ2v) is 9.33. The fourth-order valence-electron chi connectivity index (χ4n) is 3.83. The van der Waals surface area contributed by atoms with E-state index in [0.29, 0.717) is 12.1 Å². The highest BCUT2D eigenvalue weighted by molar-refractivity contribution is 7.99. The number of amides is 1. The molecule has 0 unspecified atom stereocenters. The Morgan fingerprint density at radius 1 is 1.21 bits per heavy atom. The number of hydrogen-bond donors (Lipinski definition) is 2. The number of halogens is 1. The number of fused-ring (bicyclic) bond motifs is 1. The van der Waals surface area contributed by atoms with Gasteiger partial charge in [0, 0.05) is 19.1 Å². The van der Waals surface area contributed by atoms with Crippen molar-refractivity contribution in [3.63, 3.8) is 0 Å². The summed E-state index contributed by atoms with van der Waals surface area (Å²) in [5, 5.41) is 8.01. The van der Waals surface area contributed by atoms with Crippen LogP contribution in [0, 0.1) is 0 Å². The Morgan fingerprint density at radius 3 is 2.69 bits per heavy atom. The molecule has 152 valence electrons. The van der Waals surface area contributed by atoms with Gasteiger partial charge in [-0.15, -0.1) is 0 Å². The van der Waals surface area contributed by atoms with Gasteiger partial charge in [0.15, 0.2) is 0 Å². The van der Waals surface area contributed by atoms with E-state index in [0.717, 1.165) is 52.1 Å². The molecule has 0 atom stereocenters. The summed E-state index contributed by atoms with van der Waals surface area (Å²) < 4.78 is 0. The van der Waals surface area contributed by atoms with E-state index in [2.05, 4.69) is 10.6 Å². The summed E-state index contributed by atoms with van der Waals surface area (Å²) in [4.78, 5) is 19.3. The Hall–Kier alpha value is -2.18. The first-order valence-electron chi connectivity index (χ1n) is 9.75. The van der Waals surface area contributed by atoms with E-state index in [1.54, 1.807) is 19.0 Å². The molecule has 1 spiro atoms. The predicted molar refractivity (Wildman–Crippen MR) is 124 cm³/mol. The first-order chi connectivity index (χ1) is 14.0. The summed E-state index contributed by atoms with van der Waals surface area (Å²) in [5.74, 6) is 3.06. The largest absolute Gasteiger partial charge is 0.370 e. The van der Waals surface area contributed by atoms with E-state index >= 15 is 0 Å². The van der Waals surface area contributed by atoms with Crippen LogP contribution in [0.25, 0.3) is 0 Å². The van der Waals surface area contributed by atoms with Gasteiger partial charge in [-0.05, 0) is 54.2 Å². The van der Waals surface area contributed by atoms with Crippen LogP contribution in [-0.4, -0.2) is 47.8 Å². The van der Waals surface area contributed by atoms with Gasteiger partial charge in [0.25, 0.3) is 5.91 Å². The van der Waals surface area contributed by atoms with E-state index in [4.69, 9.17) is 16.6 Å². The normalized spacial score (nSPS) is 18.7. The average Bonchev–Trinajstić information content (AvgIpc) is 2.72. The summed E-state index contributed by atoms with van der Waals surface area (Å²) in [6.45, 7) is 0.561. The van der Waals surface area contributed by atoms with E-state index in [1.165, 1.54) is 0 Å². The molecule has 0 aromatic heterocycles. The van der Waals surface area contributed by atoms with Gasteiger partial charge in [-0.3, -0.25) is 9.79 Å². The lowest BCUT2D eigenvalue weighted by molar-refractivity contribution is 0.0828. The number of rotatable bonds is 3. The highest BCUT2D eigenvalue weighted by Crippen LogP contribution is 2.40. The standard InChI is InChI=1S/C22H25ClN4OS/c1-27(2)20(28)17-7-4-8-18-19(17)26-22(9-11-29-12-10-22)21(25-18)24-14-15-5-3-6-16(23)13-15/h3-8,13,26H,9-12,14H2,1-2H3,(H,24,25). The third-order valence-corrected chi connectivity index (χ3v) is 6.65. The first-order valence-corrected chi connectivity index (χ1v) is 11.3. The Labute approximate surface area is 180 Å². The molecule has 2 aromatic carbocycles. The fraction of sp³-hybridized carbons (Fsp3) is 0.364. The van der Waals surface area contributed by atoms with Crippen molar-refractivity contribution in [1.29, 1.82) is 0 Å². The second-order valence-electron chi connectivity index (χ2n) is 7.67. The number of thioether (sulfide) groups is 1. The summed E-state index contributed by atoms with van der Waals surface area (Å²) >= 11 is 8.10. The van der Waals surface area contributed by atoms with Crippen LogP contribution >= 0.6 is 23.4 Å². The summed E-state index contributed by atoms with van der Waals surface area (Å²) in [6, 6.07) is 13.6. The molecular formula is C22H25ClN4OS. The van der Waals surface area contributed by atoms with Crippen molar-refractivity contribution < 1.29 is 4.79 Å². The van der Waals surface area contributed by atoms with Crippen molar-refractivity contribution in [2.24, 2.45) is 4.99 Å². The van der Waals surface area contributed by atoms with Crippen LogP contribution in [-0.2, 0) is 6.54 Å². The molecule has 29 heavy (non-hydrogen) atoms. The molecule has 2 aliphatic heterocycles. The van der Waals surface area contributed by atoms with Gasteiger partial charge in [0.05, 0.1) is 29.0 Å². The zero-order valence-electron chi connectivity index (χ0n) is 16.7. The molecule has 2 aliphatic rings. The predicted octanol–water partition coefficient (Wildman–Crippen LogP) is 4.74. The van der Waals surface area contributed by atoms with Crippen LogP contribution in [0.4, 0.5) is 11.4 Å². The minimum absolute atomic E-state index is 0.00389. The Bertz CT molecular complexity index is 954. The molecule has 0 radical (unpaired) electrons. The average molecular weight is 429 g/mol. The van der Waals surface area contributed by atoms with E-state index in [1.807, 2.05) is 54.2 Å². The van der Waals surface area contributed by atoms with E-state index in [-0.39, 0.29) is 11.4 Å². The second kappa shape index (κ2) is 8.28. The van der Waals surface area contributed by atoms with Crippen molar-refractivity contribution in [2.45, 2.75) is 24.9 Å². The summed E-state index contributed by atoms with van der Waals surface area (Å²) in [7, 11) is 3.56. The number of nitrogens with one attached hydrogen (secondary N) is 2. The van der Waals surface area contributed by atoms with Gasteiger partial charge < -0.3 is 15.5 Å². The van der Waals surface area contributed by atoms with Crippen molar-refractivity contribution in [2.75, 3.05) is 36.2 Å². The molecule has 0 saturated carbocycles. The lowest BCUT2D eigenvalue weighted by atomic mass is 9.87. The topological polar surface area (TPSA) is 56.7 Å². The monoisotopic (exact) mass is 428 g/mol. The third-order valence-electron chi connectivity index (χ3n) is 5.43. The molecule has 2 aromatic rings. The summed E-state index contributed by atoms with van der Waals surface area (Å²) in [5.41, 5.74) is 3.26. The Morgan fingerprint density at radius 2 is 1.97 bits per heavy atom. The van der Waals surface area contributed by atoms with E-state index < -0.39 is 0 Å². The zero-order chi connectivity index (χ0) is 20.4. The summed E-state index contributed by atoms with van der Waals surface area (Å²) in [6.07, 6.45) is 1.92. The molecule has 0 aliphatic carbocycles. The molecule has 1 fully saturated rings. The SMILES string of the molecule is CN(C)C(=O)c1cccc2c1NC1(CCSCC1)C(=NCc1cccc(Cl)c1)N2. The van der Waals surface area contributed by atoms with Crippen LogP contribution in [0.15, 0.2) is 47.5 Å². The number of hydrogen-bond acceptors (Lipinski definition) is 4. The van der Waals surface area contributed by atoms with Crippen molar-refractivity contribution in [3.05, 3.63) is 58.6 Å². The fourth-order valence-corrected chi connectivity index (χ4v) is 5.24. The number of aliphatic imine (C=N–C) groups is 1. The number of amidine groups is 1. The number of nitrogens with zero attached hydrogens (tertiary/aromatic N) is 2. The minimum atomic E-state index is -0.278. The van der Waals surface area contributed by atoms with Crippen LogP contribution in [0.5, 0.6) is 0 Å². The molecule has 4 rings (SSSR count). The molecule has 1 saturated heterocycles. The zero-order valence-corrected chi connectivity index (χ0v) is 18.2. The van der Waals surface area contributed by atoms with Gasteiger partial charge in [-0.25, -0.2) is 0 Å². The maximum atomic E-state index is 12.7. The van der Waals surface area contributed by atoms with Gasteiger partial charge in [-0.1, -0.05) is 29.8 Å². The van der Waals surface area contributed by atoms with Crippen LogP contribution in [0.1, 0.15) is 28.8 Å². The highest BCUT2D eigenvalue weighted by Gasteiger charge is 2.42. The smallest absolute Gasteiger partial charge is 0.255 e. The van der Waals surface area contributed by atoms with Crippen LogP contribution in [0.2, 0.25) is 5.02 Å². The quantitative estimate of drug-likeness (QED) is 0.741. The highest BCUT2D eigenvalue weighted by atomic mass is 35.5. The van der Waals surface area contributed by atoms with Gasteiger partial charge in [0.2, 0.25) is 0 Å². The van der Waals surface area contributed by atoms with Gasteiger partial charge in [0.1, 0.15) is 5.84 Å². The van der Waals surface area contributed by atoms with Gasteiger partial charge in [-0.2, -0.15) is 11.8 Å². The van der Waals surface area contributed by atoms with Gasteiger partial charge >= 0.3 is 0 Å².